The number of Topliss-reactive ketones (excluding diaryl/α,β-unsaturated/α-hetero) is 1. The van der Waals surface area contributed by atoms with Gasteiger partial charge in [0.05, 0.1) is 46.3 Å². The van der Waals surface area contributed by atoms with Gasteiger partial charge < -0.3 is 14.7 Å². The Kier molecular flexibility index (Phi) is 9.59. The number of carbonyl (C=O) groups is 4. The van der Waals surface area contributed by atoms with Gasteiger partial charge in [-0.15, -0.1) is 0 Å². The zero-order chi connectivity index (χ0) is 36.1. The highest BCUT2D eigenvalue weighted by Crippen LogP contribution is 2.45. The van der Waals surface area contributed by atoms with E-state index < -0.39 is 5.41 Å². The molecule has 50 heavy (non-hydrogen) atoms. The topological polar surface area (TPSA) is 138 Å². The van der Waals surface area contributed by atoms with Crippen LogP contribution in [-0.2, 0) is 14.9 Å². The summed E-state index contributed by atoms with van der Waals surface area (Å²) in [6, 6.07) is 5.73. The molecule has 0 spiro atoms. The summed E-state index contributed by atoms with van der Waals surface area (Å²) in [4.78, 5) is 73.8. The van der Waals surface area contributed by atoms with Gasteiger partial charge in [-0.05, 0) is 81.4 Å². The quantitative estimate of drug-likeness (QED) is 0.146. The van der Waals surface area contributed by atoms with Gasteiger partial charge in [0.2, 0.25) is 0 Å². The van der Waals surface area contributed by atoms with Crippen molar-refractivity contribution >= 4 is 45.7 Å². The number of ether oxygens (including phenoxy) is 1. The van der Waals surface area contributed by atoms with Crippen LogP contribution in [0.2, 0.25) is 0 Å². The number of nitrogens with zero attached hydrogens (tertiary/aromatic N) is 3. The second kappa shape index (κ2) is 13.6. The molecular formula is C40H49N5O5. The fourth-order valence-electron chi connectivity index (χ4n) is 7.93. The van der Waals surface area contributed by atoms with Crippen LogP contribution < -0.4 is 0 Å². The number of fused-ring (bicyclic) bond motifs is 8. The summed E-state index contributed by atoms with van der Waals surface area (Å²) in [5.74, 6) is -1.49. The Hall–Kier alpha value is -4.60. The van der Waals surface area contributed by atoms with Gasteiger partial charge in [-0.1, -0.05) is 47.0 Å². The predicted octanol–water partition coefficient (Wildman–Crippen LogP) is 8.25. The lowest BCUT2D eigenvalue weighted by molar-refractivity contribution is -0.140. The summed E-state index contributed by atoms with van der Waals surface area (Å²) in [5.41, 5.74) is 7.83. The van der Waals surface area contributed by atoms with Crippen molar-refractivity contribution in [2.75, 3.05) is 13.7 Å². The molecule has 2 aromatic heterocycles. The van der Waals surface area contributed by atoms with Gasteiger partial charge in [0, 0.05) is 41.7 Å². The Morgan fingerprint density at radius 3 is 2.36 bits per heavy atom. The number of carbonyl (C=O) groups excluding carboxylic acids is 4. The number of H-pyrrole nitrogens is 2. The van der Waals surface area contributed by atoms with E-state index in [1.807, 2.05) is 32.9 Å². The highest BCUT2D eigenvalue weighted by atomic mass is 16.5. The maximum atomic E-state index is 14.6. The molecule has 0 aliphatic carbocycles. The number of rotatable bonds is 10. The van der Waals surface area contributed by atoms with Crippen LogP contribution in [0, 0.1) is 6.92 Å². The standard InChI is InChI=1S/C40H49N5O5/c1-9-12-13-14-17-45-38(48)33-23(6)28-19-30-37(47)40(7,11-3)31(42-30)20-29-24(10-2)21(4)26(41-29)18-27-22(5)25(15-16-32(46)50-8)35(43-27)34(39(45)49)36(33)44-28/h18-20,22,25,43-44H,9-17H2,1-8H3/t22-,25-,40?/m0/s1. The number of aromatic amines is 2. The Labute approximate surface area is 293 Å². The van der Waals surface area contributed by atoms with Crippen molar-refractivity contribution in [3.63, 3.8) is 0 Å². The summed E-state index contributed by atoms with van der Waals surface area (Å²) in [5, 5.41) is 0. The molecule has 4 aliphatic heterocycles. The average Bonchev–Trinajstić information content (AvgIpc) is 3.76. The first-order chi connectivity index (χ1) is 23.9. The normalized spacial score (nSPS) is 20.9. The van der Waals surface area contributed by atoms with Crippen LogP contribution in [-0.4, -0.2) is 62.1 Å². The zero-order valence-corrected chi connectivity index (χ0v) is 30.6. The molecule has 0 radical (unpaired) electrons. The molecule has 8 bridgehead atoms. The summed E-state index contributed by atoms with van der Waals surface area (Å²) in [6.45, 7) is 14.5. The van der Waals surface area contributed by atoms with E-state index in [0.717, 1.165) is 53.9 Å². The minimum atomic E-state index is -0.841. The van der Waals surface area contributed by atoms with Gasteiger partial charge in [0.15, 0.2) is 5.78 Å². The lowest BCUT2D eigenvalue weighted by atomic mass is 9.80. The molecule has 1 unspecified atom stereocenters. The average molecular weight is 680 g/mol. The summed E-state index contributed by atoms with van der Waals surface area (Å²) in [6.07, 6.45) is 5.58. The van der Waals surface area contributed by atoms with E-state index in [9.17, 15) is 19.2 Å². The van der Waals surface area contributed by atoms with Crippen LogP contribution in [0.5, 0.6) is 0 Å². The first-order valence-electron chi connectivity index (χ1n) is 18.1. The van der Waals surface area contributed by atoms with Crippen LogP contribution >= 0.6 is 0 Å². The Bertz CT molecular complexity index is 2020. The van der Waals surface area contributed by atoms with E-state index in [1.54, 1.807) is 6.07 Å². The van der Waals surface area contributed by atoms with Crippen molar-refractivity contribution < 1.29 is 23.9 Å². The number of ketones is 1. The number of hydrogen-bond donors (Lipinski definition) is 2. The minimum Gasteiger partial charge on any atom is -0.469 e. The van der Waals surface area contributed by atoms with Gasteiger partial charge >= 0.3 is 5.97 Å². The van der Waals surface area contributed by atoms with Crippen LogP contribution in [0.3, 0.4) is 0 Å². The molecule has 2 amide bonds. The molecule has 264 valence electrons. The molecule has 10 nitrogen and oxygen atoms in total. The van der Waals surface area contributed by atoms with E-state index in [4.69, 9.17) is 14.7 Å². The number of esters is 1. The molecule has 0 saturated carbocycles. The highest BCUT2D eigenvalue weighted by molar-refractivity contribution is 6.23. The third-order valence-corrected chi connectivity index (χ3v) is 11.4. The third kappa shape index (κ3) is 5.66. The van der Waals surface area contributed by atoms with Gasteiger partial charge in [-0.25, -0.2) is 9.97 Å². The van der Waals surface area contributed by atoms with Gasteiger partial charge in [0.25, 0.3) is 11.8 Å². The fourth-order valence-corrected chi connectivity index (χ4v) is 7.93. The van der Waals surface area contributed by atoms with Crippen LogP contribution in [0.25, 0.3) is 22.2 Å². The largest absolute Gasteiger partial charge is 0.469 e. The SMILES string of the molecule is CCCCCCN1C(=O)c2c3[nH]c(cc4nc(cc5nc(cc6[nH]c2c(c6C)C1=O)C(=O)C5(C)CC)C(CC)=C4C)[C@@H](C)[C@@H]3CCC(=O)OC. The number of hydrogen-bond acceptors (Lipinski definition) is 7. The number of nitrogens with one attached hydrogen (secondary N) is 2. The number of allylic oxidation sites excluding steroid dienone is 2. The number of aromatic nitrogens is 4. The lowest BCUT2D eigenvalue weighted by Gasteiger charge is -2.27. The van der Waals surface area contributed by atoms with E-state index in [2.05, 4.69) is 37.7 Å². The first-order valence-corrected chi connectivity index (χ1v) is 18.1. The number of aryl methyl sites for hydroxylation is 1. The lowest BCUT2D eigenvalue weighted by Crippen LogP contribution is -2.41. The second-order valence-corrected chi connectivity index (χ2v) is 14.3. The molecule has 2 N–H and O–H groups in total. The Morgan fingerprint density at radius 2 is 1.68 bits per heavy atom. The van der Waals surface area contributed by atoms with Crippen LogP contribution in [0.4, 0.5) is 0 Å². The van der Waals surface area contributed by atoms with Crippen molar-refractivity contribution in [1.82, 2.24) is 24.8 Å². The Balaban J connectivity index is 1.73. The van der Waals surface area contributed by atoms with Crippen molar-refractivity contribution in [2.45, 2.75) is 117 Å². The minimum absolute atomic E-state index is 0.0952. The van der Waals surface area contributed by atoms with Crippen molar-refractivity contribution in [3.8, 4) is 0 Å². The van der Waals surface area contributed by atoms with Crippen molar-refractivity contribution in [2.24, 2.45) is 0 Å². The van der Waals surface area contributed by atoms with Crippen LogP contribution in [0.1, 0.15) is 170 Å². The number of amides is 2. The molecule has 0 aromatic carbocycles. The highest BCUT2D eigenvalue weighted by Gasteiger charge is 2.43. The van der Waals surface area contributed by atoms with E-state index in [0.29, 0.717) is 70.6 Å². The molecule has 10 heteroatoms. The predicted molar refractivity (Wildman–Crippen MR) is 194 cm³/mol. The zero-order valence-electron chi connectivity index (χ0n) is 30.6. The fraction of sp³-hybridized carbons (Fsp3) is 0.500. The molecule has 3 atom stereocenters. The molecule has 4 aliphatic rings. The van der Waals surface area contributed by atoms with Crippen LogP contribution in [0.15, 0.2) is 18.2 Å². The van der Waals surface area contributed by atoms with E-state index in [-0.39, 0.29) is 41.8 Å². The summed E-state index contributed by atoms with van der Waals surface area (Å²) in [7, 11) is 1.38. The van der Waals surface area contributed by atoms with Gasteiger partial charge in [-0.2, -0.15) is 0 Å². The van der Waals surface area contributed by atoms with Crippen molar-refractivity contribution in [3.05, 3.63) is 69.1 Å². The van der Waals surface area contributed by atoms with Gasteiger partial charge in [0.1, 0.15) is 5.69 Å². The van der Waals surface area contributed by atoms with E-state index in [1.165, 1.54) is 12.0 Å². The van der Waals surface area contributed by atoms with E-state index >= 15 is 0 Å². The molecule has 0 fully saturated rings. The maximum Gasteiger partial charge on any atom is 0.305 e. The number of methoxy groups -OCH3 is 1. The molecule has 6 heterocycles. The molecule has 6 rings (SSSR count). The number of unbranched alkanes of at least 4 members (excludes halogenated alkanes) is 3. The smallest absolute Gasteiger partial charge is 0.305 e. The Morgan fingerprint density at radius 1 is 0.940 bits per heavy atom. The first kappa shape index (κ1) is 35.2. The summed E-state index contributed by atoms with van der Waals surface area (Å²) < 4.78 is 5.01. The van der Waals surface area contributed by atoms with Crippen molar-refractivity contribution in [1.29, 1.82) is 0 Å². The summed E-state index contributed by atoms with van der Waals surface area (Å²) >= 11 is 0. The molecular weight excluding hydrogens is 630 g/mol. The monoisotopic (exact) mass is 679 g/mol. The van der Waals surface area contributed by atoms with Gasteiger partial charge in [-0.3, -0.25) is 24.1 Å². The maximum absolute atomic E-state index is 14.6. The molecule has 0 saturated heterocycles. The molecule has 2 aromatic rings. The number of imide groups is 1. The third-order valence-electron chi connectivity index (χ3n) is 11.4. The second-order valence-electron chi connectivity index (χ2n) is 14.3.